The number of anilines is 1. The van der Waals surface area contributed by atoms with E-state index in [1.165, 1.54) is 6.21 Å². The molecule has 0 fully saturated rings. The number of hydrogen-bond acceptors (Lipinski definition) is 5. The summed E-state index contributed by atoms with van der Waals surface area (Å²) in [5.41, 5.74) is 4.66. The molecule has 8 heteroatoms. The molecule has 0 aliphatic carbocycles. The third kappa shape index (κ3) is 6.74. The van der Waals surface area contributed by atoms with Gasteiger partial charge in [0.2, 0.25) is 0 Å². The van der Waals surface area contributed by atoms with E-state index in [0.717, 1.165) is 10.0 Å². The Labute approximate surface area is 165 Å². The Morgan fingerprint density at radius 3 is 2.74 bits per heavy atom. The molecule has 0 saturated carbocycles. The van der Waals surface area contributed by atoms with E-state index in [1.54, 1.807) is 37.3 Å². The van der Waals surface area contributed by atoms with Crippen LogP contribution in [0.4, 0.5) is 10.5 Å². The van der Waals surface area contributed by atoms with Gasteiger partial charge < -0.3 is 14.8 Å². The average Bonchev–Trinajstić information content (AvgIpc) is 2.64. The number of halogens is 1. The summed E-state index contributed by atoms with van der Waals surface area (Å²) in [5.74, 6) is 0.00609. The maximum atomic E-state index is 11.9. The Hall–Kier alpha value is -2.87. The minimum absolute atomic E-state index is 0.199. The summed E-state index contributed by atoms with van der Waals surface area (Å²) in [6.07, 6.45) is 1.44. The predicted molar refractivity (Wildman–Crippen MR) is 107 cm³/mol. The van der Waals surface area contributed by atoms with Gasteiger partial charge in [0.25, 0.3) is 0 Å². The van der Waals surface area contributed by atoms with E-state index in [-0.39, 0.29) is 6.61 Å². The number of urea groups is 1. The van der Waals surface area contributed by atoms with Gasteiger partial charge in [0.15, 0.2) is 6.61 Å². The molecular formula is C19H20BrN3O4. The largest absolute Gasteiger partial charge is 0.481 e. The van der Waals surface area contributed by atoms with Gasteiger partial charge in [-0.1, -0.05) is 28.1 Å². The first-order valence-corrected chi connectivity index (χ1v) is 9.02. The number of hydrazone groups is 1. The Bertz CT molecular complexity index is 839. The molecule has 0 aromatic heterocycles. The van der Waals surface area contributed by atoms with Gasteiger partial charge in [0.05, 0.1) is 12.8 Å². The molecule has 142 valence electrons. The number of aryl methyl sites for hydroxylation is 1. The molecule has 2 amide bonds. The number of para-hydroxylation sites is 1. The summed E-state index contributed by atoms with van der Waals surface area (Å²) in [5, 5.41) is 6.60. The molecule has 27 heavy (non-hydrogen) atoms. The molecule has 2 N–H and O–H groups in total. The number of hydrogen-bond donors (Lipinski definition) is 2. The SMILES string of the molecule is CCOC(=O)COc1ccccc1/C=N/NC(=O)Nc1ccc(Br)c(C)c1. The van der Waals surface area contributed by atoms with E-state index in [1.807, 2.05) is 19.1 Å². The van der Waals surface area contributed by atoms with E-state index >= 15 is 0 Å². The first-order chi connectivity index (χ1) is 13.0. The molecule has 0 radical (unpaired) electrons. The van der Waals surface area contributed by atoms with Crippen molar-refractivity contribution in [2.45, 2.75) is 13.8 Å². The number of nitrogens with one attached hydrogen (secondary N) is 2. The molecule has 0 unspecified atom stereocenters. The Morgan fingerprint density at radius 2 is 2.00 bits per heavy atom. The molecule has 2 rings (SSSR count). The zero-order valence-electron chi connectivity index (χ0n) is 15.0. The highest BCUT2D eigenvalue weighted by atomic mass is 79.9. The van der Waals surface area contributed by atoms with Gasteiger partial charge in [-0.2, -0.15) is 5.10 Å². The molecule has 0 aliphatic rings. The van der Waals surface area contributed by atoms with Crippen LogP contribution in [0.5, 0.6) is 5.75 Å². The minimum atomic E-state index is -0.474. The Morgan fingerprint density at radius 1 is 1.22 bits per heavy atom. The Balaban J connectivity index is 1.92. The summed E-state index contributed by atoms with van der Waals surface area (Å²) in [7, 11) is 0. The molecule has 0 atom stereocenters. The van der Waals surface area contributed by atoms with Crippen LogP contribution in [0.3, 0.4) is 0 Å². The van der Waals surface area contributed by atoms with Crippen LogP contribution in [-0.2, 0) is 9.53 Å². The fraction of sp³-hybridized carbons (Fsp3) is 0.211. The van der Waals surface area contributed by atoms with Crippen molar-refractivity contribution in [2.75, 3.05) is 18.5 Å². The number of benzene rings is 2. The summed E-state index contributed by atoms with van der Waals surface area (Å²) < 4.78 is 11.2. The molecule has 0 aliphatic heterocycles. The smallest absolute Gasteiger partial charge is 0.344 e. The number of ether oxygens (including phenoxy) is 2. The quantitative estimate of drug-likeness (QED) is 0.394. The van der Waals surface area contributed by atoms with Gasteiger partial charge in [-0.15, -0.1) is 0 Å². The van der Waals surface area contributed by atoms with Crippen molar-refractivity contribution in [1.29, 1.82) is 0 Å². The molecular weight excluding hydrogens is 414 g/mol. The van der Waals surface area contributed by atoms with Crippen LogP contribution in [0.25, 0.3) is 0 Å². The molecule has 2 aromatic carbocycles. The molecule has 7 nitrogen and oxygen atoms in total. The lowest BCUT2D eigenvalue weighted by Crippen LogP contribution is -2.24. The van der Waals surface area contributed by atoms with Crippen LogP contribution >= 0.6 is 15.9 Å². The fourth-order valence-electron chi connectivity index (χ4n) is 2.10. The van der Waals surface area contributed by atoms with Gasteiger partial charge in [-0.3, -0.25) is 0 Å². The fourth-order valence-corrected chi connectivity index (χ4v) is 2.35. The van der Waals surface area contributed by atoms with Crippen LogP contribution in [0.1, 0.15) is 18.1 Å². The van der Waals surface area contributed by atoms with E-state index in [9.17, 15) is 9.59 Å². The second kappa shape index (κ2) is 10.3. The van der Waals surface area contributed by atoms with E-state index < -0.39 is 12.0 Å². The molecule has 0 saturated heterocycles. The van der Waals surface area contributed by atoms with Crippen molar-refractivity contribution < 1.29 is 19.1 Å². The van der Waals surface area contributed by atoms with Crippen LogP contribution < -0.4 is 15.5 Å². The van der Waals surface area contributed by atoms with Crippen molar-refractivity contribution in [3.8, 4) is 5.75 Å². The van der Waals surface area contributed by atoms with Gasteiger partial charge >= 0.3 is 12.0 Å². The topological polar surface area (TPSA) is 89.0 Å². The lowest BCUT2D eigenvalue weighted by atomic mass is 10.2. The summed E-state index contributed by atoms with van der Waals surface area (Å²) in [4.78, 5) is 23.3. The third-order valence-electron chi connectivity index (χ3n) is 3.36. The second-order valence-electron chi connectivity index (χ2n) is 5.42. The molecule has 0 spiro atoms. The number of amides is 2. The summed E-state index contributed by atoms with van der Waals surface area (Å²) in [6, 6.07) is 12.0. The van der Waals surface area contributed by atoms with Crippen LogP contribution in [0, 0.1) is 6.92 Å². The lowest BCUT2D eigenvalue weighted by Gasteiger charge is -2.08. The normalized spacial score (nSPS) is 10.5. The summed E-state index contributed by atoms with van der Waals surface area (Å²) in [6.45, 7) is 3.75. The van der Waals surface area contributed by atoms with Gasteiger partial charge in [0.1, 0.15) is 5.75 Å². The number of esters is 1. The molecule has 0 bridgehead atoms. The summed E-state index contributed by atoms with van der Waals surface area (Å²) >= 11 is 3.41. The maximum Gasteiger partial charge on any atom is 0.344 e. The number of nitrogens with zero attached hydrogens (tertiary/aromatic N) is 1. The van der Waals surface area contributed by atoms with Crippen LogP contribution in [0.15, 0.2) is 52.0 Å². The highest BCUT2D eigenvalue weighted by Gasteiger charge is 2.06. The first kappa shape index (κ1) is 20.4. The highest BCUT2D eigenvalue weighted by Crippen LogP contribution is 2.20. The van der Waals surface area contributed by atoms with E-state index in [4.69, 9.17) is 9.47 Å². The standard InChI is InChI=1S/C19H20BrN3O4/c1-3-26-18(24)12-27-17-7-5-4-6-14(17)11-21-23-19(25)22-15-8-9-16(20)13(2)10-15/h4-11H,3,12H2,1-2H3,(H2,22,23,25)/b21-11+. The Kier molecular flexibility index (Phi) is 7.81. The second-order valence-corrected chi connectivity index (χ2v) is 6.27. The number of carbonyl (C=O) groups is 2. The zero-order chi connectivity index (χ0) is 19.6. The lowest BCUT2D eigenvalue weighted by molar-refractivity contribution is -0.145. The van der Waals surface area contributed by atoms with Crippen LogP contribution in [-0.4, -0.2) is 31.4 Å². The zero-order valence-corrected chi connectivity index (χ0v) is 16.6. The molecule has 2 aromatic rings. The van der Waals surface area contributed by atoms with Crippen molar-refractivity contribution in [3.05, 3.63) is 58.1 Å². The van der Waals surface area contributed by atoms with Gasteiger partial charge in [-0.25, -0.2) is 15.0 Å². The van der Waals surface area contributed by atoms with E-state index in [2.05, 4.69) is 31.8 Å². The average molecular weight is 434 g/mol. The van der Waals surface area contributed by atoms with Crippen molar-refractivity contribution in [3.63, 3.8) is 0 Å². The predicted octanol–water partition coefficient (Wildman–Crippen LogP) is 3.86. The van der Waals surface area contributed by atoms with E-state index in [0.29, 0.717) is 23.6 Å². The highest BCUT2D eigenvalue weighted by molar-refractivity contribution is 9.10. The van der Waals surface area contributed by atoms with Crippen molar-refractivity contribution in [2.24, 2.45) is 5.10 Å². The number of rotatable bonds is 7. The third-order valence-corrected chi connectivity index (χ3v) is 4.25. The minimum Gasteiger partial charge on any atom is -0.481 e. The molecule has 0 heterocycles. The van der Waals surface area contributed by atoms with Crippen LogP contribution in [0.2, 0.25) is 0 Å². The van der Waals surface area contributed by atoms with Gasteiger partial charge in [-0.05, 0) is 49.7 Å². The first-order valence-electron chi connectivity index (χ1n) is 8.23. The van der Waals surface area contributed by atoms with Crippen molar-refractivity contribution >= 4 is 39.8 Å². The number of carbonyl (C=O) groups excluding carboxylic acids is 2. The van der Waals surface area contributed by atoms with Crippen molar-refractivity contribution in [1.82, 2.24) is 5.43 Å². The maximum absolute atomic E-state index is 11.9. The van der Waals surface area contributed by atoms with Gasteiger partial charge in [0, 0.05) is 15.7 Å². The monoisotopic (exact) mass is 433 g/mol.